The molecule has 31 heavy (non-hydrogen) atoms. The second-order valence-corrected chi connectivity index (χ2v) is 9.28. The number of carbonyl (C=O) groups is 1. The first-order valence-corrected chi connectivity index (χ1v) is 10.5. The highest BCUT2D eigenvalue weighted by atomic mass is 32.1. The highest BCUT2D eigenvalue weighted by Crippen LogP contribution is 2.31. The van der Waals surface area contributed by atoms with Crippen molar-refractivity contribution in [2.45, 2.75) is 33.1 Å². The molecule has 0 spiro atoms. The van der Waals surface area contributed by atoms with Gasteiger partial charge in [0.2, 0.25) is 5.13 Å². The van der Waals surface area contributed by atoms with Crippen LogP contribution in [0.2, 0.25) is 0 Å². The molecule has 0 aliphatic heterocycles. The monoisotopic (exact) mass is 435 g/mol. The summed E-state index contributed by atoms with van der Waals surface area (Å²) in [5.74, 6) is 0.100. The first-order chi connectivity index (χ1) is 14.6. The standard InChI is InChI=1S/C22H21N5O3S/c1-13-11-19(24-20(28)14-5-8-16(9-6-14)27(29)30)26(25-13)21-23-17-10-7-15(22(2,3)4)12-18(17)31-21/h5-12H,1-4H3,(H,24,28). The van der Waals surface area contributed by atoms with Crippen molar-refractivity contribution in [3.8, 4) is 5.13 Å². The maximum atomic E-state index is 12.7. The summed E-state index contributed by atoms with van der Waals surface area (Å²) in [7, 11) is 0. The van der Waals surface area contributed by atoms with Crippen molar-refractivity contribution in [2.24, 2.45) is 0 Å². The summed E-state index contributed by atoms with van der Waals surface area (Å²) >= 11 is 1.50. The van der Waals surface area contributed by atoms with E-state index in [1.54, 1.807) is 10.7 Å². The number of non-ortho nitro benzene ring substituents is 1. The average Bonchev–Trinajstić information content (AvgIpc) is 3.29. The van der Waals surface area contributed by atoms with E-state index in [0.717, 1.165) is 15.9 Å². The molecule has 8 nitrogen and oxygen atoms in total. The molecular formula is C22H21N5O3S. The molecule has 1 amide bonds. The van der Waals surface area contributed by atoms with Crippen molar-refractivity contribution < 1.29 is 9.72 Å². The second kappa shape index (κ2) is 7.59. The van der Waals surface area contributed by atoms with Crippen LogP contribution in [0.3, 0.4) is 0 Å². The molecule has 9 heteroatoms. The minimum atomic E-state index is -0.502. The van der Waals surface area contributed by atoms with Crippen molar-refractivity contribution >= 4 is 39.0 Å². The number of nitrogens with one attached hydrogen (secondary N) is 1. The lowest BCUT2D eigenvalue weighted by Gasteiger charge is -2.18. The van der Waals surface area contributed by atoms with Crippen molar-refractivity contribution in [3.05, 3.63) is 75.5 Å². The van der Waals surface area contributed by atoms with E-state index in [1.165, 1.54) is 41.2 Å². The lowest BCUT2D eigenvalue weighted by molar-refractivity contribution is -0.384. The number of anilines is 1. The molecule has 4 rings (SSSR count). The van der Waals surface area contributed by atoms with Gasteiger partial charge in [-0.1, -0.05) is 38.2 Å². The van der Waals surface area contributed by atoms with Crippen LogP contribution < -0.4 is 5.32 Å². The number of nitro groups is 1. The quantitative estimate of drug-likeness (QED) is 0.348. The molecule has 4 aromatic rings. The van der Waals surface area contributed by atoms with Gasteiger partial charge in [0, 0.05) is 23.8 Å². The third-order valence-electron chi connectivity index (χ3n) is 4.84. The zero-order valence-corrected chi connectivity index (χ0v) is 18.4. The summed E-state index contributed by atoms with van der Waals surface area (Å²) in [6.45, 7) is 8.33. The molecule has 1 N–H and O–H groups in total. The molecular weight excluding hydrogens is 414 g/mol. The third kappa shape index (κ3) is 4.17. The average molecular weight is 436 g/mol. The number of carbonyl (C=O) groups excluding carboxylic acids is 1. The molecule has 0 fully saturated rings. The number of nitro benzene ring substituents is 1. The highest BCUT2D eigenvalue weighted by molar-refractivity contribution is 7.20. The Bertz CT molecular complexity index is 1300. The van der Waals surface area contributed by atoms with E-state index in [-0.39, 0.29) is 17.0 Å². The fourth-order valence-electron chi connectivity index (χ4n) is 3.13. The molecule has 2 aromatic heterocycles. The molecule has 2 aromatic carbocycles. The highest BCUT2D eigenvalue weighted by Gasteiger charge is 2.18. The Morgan fingerprint density at radius 1 is 1.13 bits per heavy atom. The summed E-state index contributed by atoms with van der Waals surface area (Å²) in [6, 6.07) is 13.4. The van der Waals surface area contributed by atoms with Crippen LogP contribution in [0.25, 0.3) is 15.3 Å². The molecule has 0 saturated heterocycles. The van der Waals surface area contributed by atoms with Crippen LogP contribution >= 0.6 is 11.3 Å². The largest absolute Gasteiger partial charge is 0.306 e. The van der Waals surface area contributed by atoms with Gasteiger partial charge in [0.1, 0.15) is 5.82 Å². The van der Waals surface area contributed by atoms with Crippen LogP contribution in [0.4, 0.5) is 11.5 Å². The van der Waals surface area contributed by atoms with Crippen LogP contribution in [0.5, 0.6) is 0 Å². The zero-order valence-electron chi connectivity index (χ0n) is 17.5. The molecule has 0 aliphatic carbocycles. The normalized spacial score (nSPS) is 11.6. The Balaban J connectivity index is 1.65. The number of nitrogens with zero attached hydrogens (tertiary/aromatic N) is 4. The number of aromatic nitrogens is 3. The zero-order chi connectivity index (χ0) is 22.3. The van der Waals surface area contributed by atoms with E-state index in [1.807, 2.05) is 13.0 Å². The fraction of sp³-hybridized carbons (Fsp3) is 0.227. The summed E-state index contributed by atoms with van der Waals surface area (Å²) in [5.41, 5.74) is 3.10. The van der Waals surface area contributed by atoms with E-state index >= 15 is 0 Å². The Kier molecular flexibility index (Phi) is 5.06. The number of benzene rings is 2. The third-order valence-corrected chi connectivity index (χ3v) is 5.83. The molecule has 0 bridgehead atoms. The van der Waals surface area contributed by atoms with Crippen molar-refractivity contribution in [3.63, 3.8) is 0 Å². The van der Waals surface area contributed by atoms with E-state index in [2.05, 4.69) is 48.3 Å². The molecule has 0 unspecified atom stereocenters. The van der Waals surface area contributed by atoms with Gasteiger partial charge < -0.3 is 5.32 Å². The Labute approximate surface area is 182 Å². The molecule has 0 aliphatic rings. The van der Waals surface area contributed by atoms with Gasteiger partial charge in [0.25, 0.3) is 11.6 Å². The Hall–Kier alpha value is -3.59. The molecule has 0 atom stereocenters. The van der Waals surface area contributed by atoms with Crippen LogP contribution in [0.15, 0.2) is 48.5 Å². The molecule has 0 radical (unpaired) electrons. The summed E-state index contributed by atoms with van der Waals surface area (Å²) in [5, 5.41) is 18.8. The van der Waals surface area contributed by atoms with Gasteiger partial charge in [-0.2, -0.15) is 9.78 Å². The SMILES string of the molecule is Cc1cc(NC(=O)c2ccc([N+](=O)[O-])cc2)n(-c2nc3ccc(C(C)(C)C)cc3s2)n1. The number of hydrogen-bond donors (Lipinski definition) is 1. The van der Waals surface area contributed by atoms with Crippen molar-refractivity contribution in [1.82, 2.24) is 14.8 Å². The topological polar surface area (TPSA) is 103 Å². The summed E-state index contributed by atoms with van der Waals surface area (Å²) in [4.78, 5) is 27.7. The predicted molar refractivity (Wildman–Crippen MR) is 121 cm³/mol. The number of fused-ring (bicyclic) bond motifs is 1. The molecule has 0 saturated carbocycles. The molecule has 158 valence electrons. The van der Waals surface area contributed by atoms with Gasteiger partial charge >= 0.3 is 0 Å². The number of thiazole rings is 1. The second-order valence-electron chi connectivity index (χ2n) is 8.27. The van der Waals surface area contributed by atoms with Gasteiger partial charge in [-0.3, -0.25) is 14.9 Å². The van der Waals surface area contributed by atoms with E-state index in [9.17, 15) is 14.9 Å². The van der Waals surface area contributed by atoms with Crippen molar-refractivity contribution in [1.29, 1.82) is 0 Å². The number of rotatable bonds is 4. The number of hydrogen-bond acceptors (Lipinski definition) is 6. The van der Waals surface area contributed by atoms with E-state index in [4.69, 9.17) is 0 Å². The number of aryl methyl sites for hydroxylation is 1. The maximum Gasteiger partial charge on any atom is 0.269 e. The Morgan fingerprint density at radius 3 is 2.48 bits per heavy atom. The molecule has 2 heterocycles. The van der Waals surface area contributed by atoms with Crippen LogP contribution in [-0.2, 0) is 5.41 Å². The summed E-state index contributed by atoms with van der Waals surface area (Å²) < 4.78 is 2.66. The lowest BCUT2D eigenvalue weighted by atomic mass is 9.87. The van der Waals surface area contributed by atoms with Crippen molar-refractivity contribution in [2.75, 3.05) is 5.32 Å². The minimum absolute atomic E-state index is 0.0323. The summed E-state index contributed by atoms with van der Waals surface area (Å²) in [6.07, 6.45) is 0. The van der Waals surface area contributed by atoms with E-state index < -0.39 is 4.92 Å². The minimum Gasteiger partial charge on any atom is -0.306 e. The number of amides is 1. The first-order valence-electron chi connectivity index (χ1n) is 9.66. The van der Waals surface area contributed by atoms with Crippen LogP contribution in [0.1, 0.15) is 42.4 Å². The Morgan fingerprint density at radius 2 is 1.84 bits per heavy atom. The van der Waals surface area contributed by atoms with Gasteiger partial charge in [0.15, 0.2) is 0 Å². The smallest absolute Gasteiger partial charge is 0.269 e. The van der Waals surface area contributed by atoms with E-state index in [0.29, 0.717) is 16.5 Å². The predicted octanol–water partition coefficient (Wildman–Crippen LogP) is 5.25. The maximum absolute atomic E-state index is 12.7. The van der Waals surface area contributed by atoms with Crippen LogP contribution in [-0.4, -0.2) is 25.6 Å². The van der Waals surface area contributed by atoms with Crippen LogP contribution in [0, 0.1) is 17.0 Å². The van der Waals surface area contributed by atoms with Gasteiger partial charge in [-0.25, -0.2) is 4.98 Å². The first kappa shape index (κ1) is 20.7. The van der Waals surface area contributed by atoms with Gasteiger partial charge in [-0.15, -0.1) is 0 Å². The lowest BCUT2D eigenvalue weighted by Crippen LogP contribution is -2.15. The fourth-order valence-corrected chi connectivity index (χ4v) is 4.10. The van der Waals surface area contributed by atoms with Gasteiger partial charge in [-0.05, 0) is 42.2 Å². The van der Waals surface area contributed by atoms with Gasteiger partial charge in [0.05, 0.1) is 20.8 Å².